The Morgan fingerprint density at radius 1 is 1.44 bits per heavy atom. The summed E-state index contributed by atoms with van der Waals surface area (Å²) in [5.74, 6) is 1.36. The highest BCUT2D eigenvalue weighted by Crippen LogP contribution is 2.16. The van der Waals surface area contributed by atoms with Gasteiger partial charge in [-0.25, -0.2) is 4.39 Å². The monoisotopic (exact) mass is 304 g/mol. The van der Waals surface area contributed by atoms with Crippen LogP contribution in [0.4, 0.5) is 4.39 Å². The average molecular weight is 305 g/mol. The third kappa shape index (κ3) is 5.12. The van der Waals surface area contributed by atoms with Crippen molar-refractivity contribution in [2.45, 2.75) is 19.8 Å². The molecule has 0 unspecified atom stereocenters. The van der Waals surface area contributed by atoms with Gasteiger partial charge in [0.15, 0.2) is 0 Å². The molecule has 0 radical (unpaired) electrons. The largest absolute Gasteiger partial charge is 0.298 e. The van der Waals surface area contributed by atoms with Crippen molar-refractivity contribution in [3.8, 4) is 0 Å². The fourth-order valence-electron chi connectivity index (χ4n) is 1.32. The Kier molecular flexibility index (Phi) is 6.06. The maximum atomic E-state index is 13.0. The number of ketones is 1. The van der Waals surface area contributed by atoms with E-state index >= 15 is 0 Å². The molecule has 1 nitrogen and oxygen atoms in total. The summed E-state index contributed by atoms with van der Waals surface area (Å²) in [6, 6.07) is 4.58. The van der Waals surface area contributed by atoms with E-state index in [9.17, 15) is 9.18 Å². The average Bonchev–Trinajstić information content (AvgIpc) is 2.16. The molecule has 0 amide bonds. The smallest absolute Gasteiger partial charge is 0.147 e. The maximum absolute atomic E-state index is 13.0. The highest BCUT2D eigenvalue weighted by atomic mass is 79.9. The van der Waals surface area contributed by atoms with Gasteiger partial charge >= 0.3 is 0 Å². The highest BCUT2D eigenvalue weighted by Gasteiger charge is 2.06. The molecule has 0 aromatic heterocycles. The number of hydrogen-bond acceptors (Lipinski definition) is 2. The van der Waals surface area contributed by atoms with Gasteiger partial charge in [0.25, 0.3) is 0 Å². The summed E-state index contributed by atoms with van der Waals surface area (Å²) in [6.45, 7) is 2.08. The lowest BCUT2D eigenvalue weighted by Crippen LogP contribution is -2.06. The summed E-state index contributed by atoms with van der Waals surface area (Å²) in [7, 11) is 0. The SMILES string of the molecule is CCCSCC(=O)Cc1cc(F)cc(Br)c1. The summed E-state index contributed by atoms with van der Waals surface area (Å²) < 4.78 is 13.7. The number of rotatable bonds is 6. The molecule has 4 heteroatoms. The number of thioether (sulfide) groups is 1. The number of carbonyl (C=O) groups excluding carboxylic acids is 1. The van der Waals surface area contributed by atoms with Crippen LogP contribution in [-0.4, -0.2) is 17.3 Å². The number of Topliss-reactive ketones (excluding diaryl/α,β-unsaturated/α-hetero) is 1. The van der Waals surface area contributed by atoms with Crippen molar-refractivity contribution in [1.29, 1.82) is 0 Å². The molecular weight excluding hydrogens is 291 g/mol. The molecule has 88 valence electrons. The Balaban J connectivity index is 2.49. The van der Waals surface area contributed by atoms with E-state index in [4.69, 9.17) is 0 Å². The van der Waals surface area contributed by atoms with E-state index < -0.39 is 0 Å². The molecule has 1 rings (SSSR count). The second kappa shape index (κ2) is 7.07. The van der Waals surface area contributed by atoms with Gasteiger partial charge in [-0.1, -0.05) is 22.9 Å². The molecule has 0 saturated carbocycles. The number of carbonyl (C=O) groups is 1. The predicted octanol–water partition coefficient (Wildman–Crippen LogP) is 3.84. The normalized spacial score (nSPS) is 10.4. The summed E-state index contributed by atoms with van der Waals surface area (Å²) in [4.78, 5) is 11.6. The quantitative estimate of drug-likeness (QED) is 0.743. The summed E-state index contributed by atoms with van der Waals surface area (Å²) in [6.07, 6.45) is 1.39. The molecule has 0 aliphatic rings. The zero-order chi connectivity index (χ0) is 12.0. The van der Waals surface area contributed by atoms with Gasteiger partial charge in [-0.15, -0.1) is 0 Å². The van der Waals surface area contributed by atoms with Crippen LogP contribution in [-0.2, 0) is 11.2 Å². The molecule has 0 spiro atoms. The van der Waals surface area contributed by atoms with Crippen LogP contribution in [0.1, 0.15) is 18.9 Å². The number of hydrogen-bond donors (Lipinski definition) is 0. The molecule has 0 saturated heterocycles. The first-order chi connectivity index (χ1) is 7.61. The van der Waals surface area contributed by atoms with Crippen LogP contribution in [0, 0.1) is 5.82 Å². The van der Waals surface area contributed by atoms with E-state index in [2.05, 4.69) is 22.9 Å². The third-order valence-corrected chi connectivity index (χ3v) is 3.62. The molecule has 0 bridgehead atoms. The van der Waals surface area contributed by atoms with E-state index in [0.717, 1.165) is 17.7 Å². The molecule has 0 fully saturated rings. The molecule has 16 heavy (non-hydrogen) atoms. The van der Waals surface area contributed by atoms with Gasteiger partial charge in [0.1, 0.15) is 11.6 Å². The van der Waals surface area contributed by atoms with Gasteiger partial charge in [0.05, 0.1) is 5.75 Å². The van der Waals surface area contributed by atoms with E-state index in [0.29, 0.717) is 16.6 Å². The Hall–Kier alpha value is -0.350. The van der Waals surface area contributed by atoms with Gasteiger partial charge in [-0.3, -0.25) is 4.79 Å². The highest BCUT2D eigenvalue weighted by molar-refractivity contribution is 9.10. The molecule has 0 aliphatic carbocycles. The van der Waals surface area contributed by atoms with Crippen LogP contribution in [0.15, 0.2) is 22.7 Å². The zero-order valence-corrected chi connectivity index (χ0v) is 11.5. The van der Waals surface area contributed by atoms with Crippen LogP contribution >= 0.6 is 27.7 Å². The first kappa shape index (κ1) is 13.7. The minimum absolute atomic E-state index is 0.149. The van der Waals surface area contributed by atoms with Crippen LogP contribution < -0.4 is 0 Å². The topological polar surface area (TPSA) is 17.1 Å². The van der Waals surface area contributed by atoms with Crippen molar-refractivity contribution < 1.29 is 9.18 Å². The van der Waals surface area contributed by atoms with Crippen molar-refractivity contribution in [3.05, 3.63) is 34.1 Å². The van der Waals surface area contributed by atoms with Gasteiger partial charge < -0.3 is 0 Å². The van der Waals surface area contributed by atoms with E-state index in [1.54, 1.807) is 17.8 Å². The first-order valence-corrected chi connectivity index (χ1v) is 7.11. The molecule has 0 aliphatic heterocycles. The van der Waals surface area contributed by atoms with Crippen LogP contribution in [0.3, 0.4) is 0 Å². The minimum atomic E-state index is -0.307. The van der Waals surface area contributed by atoms with Gasteiger partial charge in [-0.2, -0.15) is 11.8 Å². The lowest BCUT2D eigenvalue weighted by molar-refractivity contribution is -0.116. The Bertz CT molecular complexity index is 348. The fraction of sp³-hybridized carbons (Fsp3) is 0.417. The molecular formula is C12H14BrFOS. The molecule has 0 heterocycles. The van der Waals surface area contributed by atoms with Gasteiger partial charge in [0.2, 0.25) is 0 Å². The van der Waals surface area contributed by atoms with Crippen molar-refractivity contribution in [2.75, 3.05) is 11.5 Å². The molecule has 0 N–H and O–H groups in total. The van der Waals surface area contributed by atoms with E-state index in [1.165, 1.54) is 12.1 Å². The van der Waals surface area contributed by atoms with Crippen molar-refractivity contribution >= 4 is 33.5 Å². The van der Waals surface area contributed by atoms with Crippen LogP contribution in [0.5, 0.6) is 0 Å². The van der Waals surface area contributed by atoms with Gasteiger partial charge in [0, 0.05) is 10.9 Å². The fourth-order valence-corrected chi connectivity index (χ4v) is 2.60. The Morgan fingerprint density at radius 3 is 2.81 bits per heavy atom. The van der Waals surface area contributed by atoms with Crippen LogP contribution in [0.25, 0.3) is 0 Å². The standard InChI is InChI=1S/C12H14BrFOS/c1-2-3-16-8-12(15)6-9-4-10(13)7-11(14)5-9/h4-5,7H,2-3,6,8H2,1H3. The summed E-state index contributed by atoms with van der Waals surface area (Å²) in [5.41, 5.74) is 0.731. The lowest BCUT2D eigenvalue weighted by Gasteiger charge is -2.02. The Morgan fingerprint density at radius 2 is 2.19 bits per heavy atom. The second-order valence-electron chi connectivity index (χ2n) is 3.55. The molecule has 1 aromatic rings. The zero-order valence-electron chi connectivity index (χ0n) is 9.13. The van der Waals surface area contributed by atoms with Crippen molar-refractivity contribution in [2.24, 2.45) is 0 Å². The van der Waals surface area contributed by atoms with Crippen molar-refractivity contribution in [3.63, 3.8) is 0 Å². The maximum Gasteiger partial charge on any atom is 0.147 e. The van der Waals surface area contributed by atoms with Crippen LogP contribution in [0.2, 0.25) is 0 Å². The van der Waals surface area contributed by atoms with E-state index in [1.807, 2.05) is 0 Å². The third-order valence-electron chi connectivity index (χ3n) is 1.94. The van der Waals surface area contributed by atoms with E-state index in [-0.39, 0.29) is 11.6 Å². The number of benzene rings is 1. The predicted molar refractivity (Wildman–Crippen MR) is 70.4 cm³/mol. The van der Waals surface area contributed by atoms with Gasteiger partial charge in [-0.05, 0) is 35.9 Å². The first-order valence-electron chi connectivity index (χ1n) is 5.16. The van der Waals surface area contributed by atoms with Crippen molar-refractivity contribution in [1.82, 2.24) is 0 Å². The number of halogens is 2. The summed E-state index contributed by atoms with van der Waals surface area (Å²) >= 11 is 4.84. The second-order valence-corrected chi connectivity index (χ2v) is 5.57. The molecule has 1 aromatic carbocycles. The lowest BCUT2D eigenvalue weighted by atomic mass is 10.1. The minimum Gasteiger partial charge on any atom is -0.298 e. The molecule has 0 atom stereocenters. The summed E-state index contributed by atoms with van der Waals surface area (Å²) in [5, 5.41) is 0. The Labute approximate surface area is 108 Å².